The number of aromatic nitrogens is 1. The molecule has 0 aliphatic carbocycles. The van der Waals surface area contributed by atoms with Gasteiger partial charge in [-0.15, -0.1) is 11.3 Å². The predicted octanol–water partition coefficient (Wildman–Crippen LogP) is 2.85. The fourth-order valence-corrected chi connectivity index (χ4v) is 3.13. The first-order chi connectivity index (χ1) is 9.20. The third-order valence-electron chi connectivity index (χ3n) is 3.27. The first-order valence-electron chi connectivity index (χ1n) is 6.58. The highest BCUT2D eigenvalue weighted by Gasteiger charge is 2.22. The van der Waals surface area contributed by atoms with Crippen molar-refractivity contribution in [2.75, 3.05) is 6.54 Å². The van der Waals surface area contributed by atoms with E-state index in [1.165, 1.54) is 11.1 Å². The SMILES string of the molecule is Cc1ccc2c(c1)CC(CNCc1nc(C)cs1)O2. The van der Waals surface area contributed by atoms with Crippen LogP contribution in [0.5, 0.6) is 5.75 Å². The summed E-state index contributed by atoms with van der Waals surface area (Å²) in [6.07, 6.45) is 1.25. The van der Waals surface area contributed by atoms with Gasteiger partial charge in [0.15, 0.2) is 0 Å². The topological polar surface area (TPSA) is 34.2 Å². The number of nitrogens with zero attached hydrogens (tertiary/aromatic N) is 1. The maximum absolute atomic E-state index is 5.93. The molecular formula is C15H18N2OS. The van der Waals surface area contributed by atoms with Gasteiger partial charge in [-0.25, -0.2) is 4.98 Å². The minimum atomic E-state index is 0.248. The summed E-state index contributed by atoms with van der Waals surface area (Å²) in [5.41, 5.74) is 3.73. The van der Waals surface area contributed by atoms with E-state index in [0.717, 1.165) is 36.0 Å². The van der Waals surface area contributed by atoms with Crippen LogP contribution in [0.2, 0.25) is 0 Å². The summed E-state index contributed by atoms with van der Waals surface area (Å²) in [4.78, 5) is 4.44. The second kappa shape index (κ2) is 5.31. The van der Waals surface area contributed by atoms with E-state index in [1.54, 1.807) is 11.3 Å². The summed E-state index contributed by atoms with van der Waals surface area (Å²) < 4.78 is 5.93. The molecule has 100 valence electrons. The molecule has 0 saturated heterocycles. The van der Waals surface area contributed by atoms with Gasteiger partial charge in [-0.1, -0.05) is 17.7 Å². The van der Waals surface area contributed by atoms with Crippen LogP contribution in [-0.2, 0) is 13.0 Å². The molecule has 1 aromatic heterocycles. The molecule has 2 heterocycles. The van der Waals surface area contributed by atoms with Crippen LogP contribution in [0.3, 0.4) is 0 Å². The molecule has 1 aliphatic rings. The van der Waals surface area contributed by atoms with Crippen molar-refractivity contribution in [3.63, 3.8) is 0 Å². The van der Waals surface area contributed by atoms with Gasteiger partial charge in [0.05, 0.1) is 0 Å². The molecule has 0 amide bonds. The number of fused-ring (bicyclic) bond motifs is 1. The van der Waals surface area contributed by atoms with Crippen LogP contribution in [0.15, 0.2) is 23.6 Å². The zero-order valence-electron chi connectivity index (χ0n) is 11.3. The van der Waals surface area contributed by atoms with Crippen molar-refractivity contribution < 1.29 is 4.74 Å². The van der Waals surface area contributed by atoms with E-state index in [9.17, 15) is 0 Å². The monoisotopic (exact) mass is 274 g/mol. The maximum atomic E-state index is 5.93. The van der Waals surface area contributed by atoms with Crippen LogP contribution < -0.4 is 10.1 Å². The summed E-state index contributed by atoms with van der Waals surface area (Å²) >= 11 is 1.71. The Balaban J connectivity index is 1.51. The Labute approximate surface area is 117 Å². The molecule has 4 heteroatoms. The molecule has 1 atom stereocenters. The summed E-state index contributed by atoms with van der Waals surface area (Å²) in [5.74, 6) is 1.04. The van der Waals surface area contributed by atoms with Crippen LogP contribution in [0, 0.1) is 13.8 Å². The summed E-state index contributed by atoms with van der Waals surface area (Å²) in [5, 5.41) is 6.66. The normalized spacial score (nSPS) is 17.3. The highest BCUT2D eigenvalue weighted by molar-refractivity contribution is 7.09. The Bertz CT molecular complexity index is 579. The van der Waals surface area contributed by atoms with Crippen LogP contribution >= 0.6 is 11.3 Å². The van der Waals surface area contributed by atoms with Crippen molar-refractivity contribution in [3.8, 4) is 5.75 Å². The fraction of sp³-hybridized carbons (Fsp3) is 0.400. The fourth-order valence-electron chi connectivity index (χ4n) is 2.39. The summed E-state index contributed by atoms with van der Waals surface area (Å²) in [6, 6.07) is 6.40. The van der Waals surface area contributed by atoms with E-state index in [4.69, 9.17) is 4.74 Å². The van der Waals surface area contributed by atoms with Gasteiger partial charge in [0.1, 0.15) is 16.9 Å². The number of hydrogen-bond donors (Lipinski definition) is 1. The molecule has 1 unspecified atom stereocenters. The highest BCUT2D eigenvalue weighted by atomic mass is 32.1. The van der Waals surface area contributed by atoms with Gasteiger partial charge in [0.25, 0.3) is 0 Å². The van der Waals surface area contributed by atoms with Crippen LogP contribution in [-0.4, -0.2) is 17.6 Å². The van der Waals surface area contributed by atoms with Crippen LogP contribution in [0.25, 0.3) is 0 Å². The molecule has 0 radical (unpaired) electrons. The number of nitrogens with one attached hydrogen (secondary N) is 1. The lowest BCUT2D eigenvalue weighted by Crippen LogP contribution is -2.29. The molecule has 2 aromatic rings. The average Bonchev–Trinajstić information content (AvgIpc) is 2.95. The quantitative estimate of drug-likeness (QED) is 0.931. The number of benzene rings is 1. The second-order valence-electron chi connectivity index (χ2n) is 5.07. The molecular weight excluding hydrogens is 256 g/mol. The number of rotatable bonds is 4. The van der Waals surface area contributed by atoms with E-state index >= 15 is 0 Å². The molecule has 3 rings (SSSR count). The van der Waals surface area contributed by atoms with Crippen molar-refractivity contribution in [1.29, 1.82) is 0 Å². The molecule has 0 fully saturated rings. The third kappa shape index (κ3) is 2.96. The summed E-state index contributed by atoms with van der Waals surface area (Å²) in [7, 11) is 0. The van der Waals surface area contributed by atoms with Crippen molar-refractivity contribution in [2.45, 2.75) is 32.9 Å². The Hall–Kier alpha value is -1.39. The lowest BCUT2D eigenvalue weighted by atomic mass is 10.1. The van der Waals surface area contributed by atoms with E-state index in [0.29, 0.717) is 0 Å². The largest absolute Gasteiger partial charge is 0.488 e. The third-order valence-corrected chi connectivity index (χ3v) is 4.24. The van der Waals surface area contributed by atoms with Crippen LogP contribution in [0.4, 0.5) is 0 Å². The zero-order chi connectivity index (χ0) is 13.2. The minimum absolute atomic E-state index is 0.248. The molecule has 19 heavy (non-hydrogen) atoms. The van der Waals surface area contributed by atoms with E-state index in [1.807, 2.05) is 6.92 Å². The van der Waals surface area contributed by atoms with Crippen molar-refractivity contribution >= 4 is 11.3 Å². The lowest BCUT2D eigenvalue weighted by molar-refractivity contribution is 0.227. The number of ether oxygens (including phenoxy) is 1. The Kier molecular flexibility index (Phi) is 3.53. The van der Waals surface area contributed by atoms with E-state index < -0.39 is 0 Å². The smallest absolute Gasteiger partial charge is 0.123 e. The van der Waals surface area contributed by atoms with Gasteiger partial charge >= 0.3 is 0 Å². The van der Waals surface area contributed by atoms with Gasteiger partial charge in [0.2, 0.25) is 0 Å². The second-order valence-corrected chi connectivity index (χ2v) is 6.01. The zero-order valence-corrected chi connectivity index (χ0v) is 12.1. The van der Waals surface area contributed by atoms with Crippen molar-refractivity contribution in [1.82, 2.24) is 10.3 Å². The first-order valence-corrected chi connectivity index (χ1v) is 7.46. The van der Waals surface area contributed by atoms with E-state index in [2.05, 4.69) is 40.8 Å². The summed E-state index contributed by atoms with van der Waals surface area (Å²) in [6.45, 7) is 5.84. The molecule has 3 nitrogen and oxygen atoms in total. The molecule has 1 N–H and O–H groups in total. The predicted molar refractivity (Wildman–Crippen MR) is 77.9 cm³/mol. The Morgan fingerprint density at radius 3 is 3.11 bits per heavy atom. The van der Waals surface area contributed by atoms with Gasteiger partial charge in [-0.3, -0.25) is 0 Å². The Morgan fingerprint density at radius 2 is 2.32 bits per heavy atom. The molecule has 1 aromatic carbocycles. The molecule has 0 bridgehead atoms. The molecule has 1 aliphatic heterocycles. The lowest BCUT2D eigenvalue weighted by Gasteiger charge is -2.10. The first kappa shape index (κ1) is 12.6. The number of aryl methyl sites for hydroxylation is 2. The minimum Gasteiger partial charge on any atom is -0.488 e. The van der Waals surface area contributed by atoms with Gasteiger partial charge < -0.3 is 10.1 Å². The van der Waals surface area contributed by atoms with Crippen molar-refractivity contribution in [2.24, 2.45) is 0 Å². The number of hydrogen-bond acceptors (Lipinski definition) is 4. The molecule has 0 spiro atoms. The molecule has 0 saturated carbocycles. The van der Waals surface area contributed by atoms with E-state index in [-0.39, 0.29) is 6.10 Å². The van der Waals surface area contributed by atoms with Crippen molar-refractivity contribution in [3.05, 3.63) is 45.4 Å². The van der Waals surface area contributed by atoms with Gasteiger partial charge in [-0.05, 0) is 25.5 Å². The maximum Gasteiger partial charge on any atom is 0.123 e. The average molecular weight is 274 g/mol. The number of thiazole rings is 1. The standard InChI is InChI=1S/C15H18N2OS/c1-10-3-4-14-12(5-10)6-13(18-14)7-16-8-15-17-11(2)9-19-15/h3-5,9,13,16H,6-8H2,1-2H3. The Morgan fingerprint density at radius 1 is 1.42 bits per heavy atom. The highest BCUT2D eigenvalue weighted by Crippen LogP contribution is 2.29. The van der Waals surface area contributed by atoms with Gasteiger partial charge in [-0.2, -0.15) is 0 Å². The van der Waals surface area contributed by atoms with Crippen LogP contribution in [0.1, 0.15) is 21.8 Å². The van der Waals surface area contributed by atoms with Gasteiger partial charge in [0, 0.05) is 30.6 Å².